The molecule has 0 radical (unpaired) electrons. The van der Waals surface area contributed by atoms with E-state index in [-0.39, 0.29) is 5.91 Å². The van der Waals surface area contributed by atoms with Crippen LogP contribution in [0.4, 0.5) is 0 Å². The Morgan fingerprint density at radius 3 is 2.75 bits per heavy atom. The molecule has 126 valence electrons. The average Bonchev–Trinajstić information content (AvgIpc) is 3.17. The van der Waals surface area contributed by atoms with E-state index in [1.165, 1.54) is 11.3 Å². The van der Waals surface area contributed by atoms with Gasteiger partial charge in [-0.15, -0.1) is 11.3 Å². The predicted molar refractivity (Wildman–Crippen MR) is 95.3 cm³/mol. The molecule has 5 heteroatoms. The maximum atomic E-state index is 13.1. The molecule has 1 aliphatic carbocycles. The van der Waals surface area contributed by atoms with Crippen LogP contribution in [0.1, 0.15) is 34.6 Å². The normalized spacial score (nSPS) is 20.3. The van der Waals surface area contributed by atoms with Gasteiger partial charge in [-0.25, -0.2) is 4.98 Å². The highest BCUT2D eigenvalue weighted by Gasteiger charge is 2.36. The fourth-order valence-electron chi connectivity index (χ4n) is 3.22. The van der Waals surface area contributed by atoms with E-state index in [0.717, 1.165) is 60.2 Å². The van der Waals surface area contributed by atoms with Crippen molar-refractivity contribution in [3.05, 3.63) is 40.9 Å². The Bertz CT molecular complexity index is 718. The van der Waals surface area contributed by atoms with Crippen molar-refractivity contribution in [1.29, 1.82) is 0 Å². The maximum Gasteiger partial charge on any atom is 0.266 e. The highest BCUT2D eigenvalue weighted by Crippen LogP contribution is 2.34. The van der Waals surface area contributed by atoms with Gasteiger partial charge in [-0.1, -0.05) is 30.3 Å². The van der Waals surface area contributed by atoms with Crippen molar-refractivity contribution in [1.82, 2.24) is 9.88 Å². The number of amides is 1. The van der Waals surface area contributed by atoms with E-state index < -0.39 is 0 Å². The van der Waals surface area contributed by atoms with Gasteiger partial charge in [0.15, 0.2) is 0 Å². The van der Waals surface area contributed by atoms with Crippen molar-refractivity contribution in [2.24, 2.45) is 5.92 Å². The molecular formula is C19H22N2O2S. The number of carbonyl (C=O) groups is 1. The van der Waals surface area contributed by atoms with Crippen molar-refractivity contribution in [2.75, 3.05) is 19.8 Å². The highest BCUT2D eigenvalue weighted by atomic mass is 32.1. The second-order valence-electron chi connectivity index (χ2n) is 6.72. The molecule has 0 N–H and O–H groups in total. The Hall–Kier alpha value is -1.72. The van der Waals surface area contributed by atoms with Crippen LogP contribution in [0, 0.1) is 12.8 Å². The smallest absolute Gasteiger partial charge is 0.266 e. The summed E-state index contributed by atoms with van der Waals surface area (Å²) in [5.74, 6) is 0.637. The number of rotatable bonds is 5. The van der Waals surface area contributed by atoms with Crippen LogP contribution in [0.3, 0.4) is 0 Å². The van der Waals surface area contributed by atoms with Gasteiger partial charge in [-0.3, -0.25) is 4.79 Å². The highest BCUT2D eigenvalue weighted by molar-refractivity contribution is 7.17. The number of benzene rings is 1. The number of carbonyl (C=O) groups excluding carboxylic acids is 1. The van der Waals surface area contributed by atoms with Crippen molar-refractivity contribution in [3.63, 3.8) is 0 Å². The van der Waals surface area contributed by atoms with E-state index in [2.05, 4.69) is 9.88 Å². The summed E-state index contributed by atoms with van der Waals surface area (Å²) < 4.78 is 5.48. The third-order valence-corrected chi connectivity index (χ3v) is 5.93. The number of hydrogen-bond acceptors (Lipinski definition) is 4. The van der Waals surface area contributed by atoms with Crippen LogP contribution in [-0.4, -0.2) is 41.6 Å². The first kappa shape index (κ1) is 15.8. The van der Waals surface area contributed by atoms with E-state index in [0.29, 0.717) is 12.0 Å². The predicted octanol–water partition coefficient (Wildman–Crippen LogP) is 3.76. The molecule has 24 heavy (non-hydrogen) atoms. The first-order chi connectivity index (χ1) is 11.7. The zero-order chi connectivity index (χ0) is 16.5. The van der Waals surface area contributed by atoms with Gasteiger partial charge in [-0.2, -0.15) is 0 Å². The minimum atomic E-state index is 0.154. The van der Waals surface area contributed by atoms with Gasteiger partial charge in [0, 0.05) is 30.7 Å². The Morgan fingerprint density at radius 1 is 1.29 bits per heavy atom. The van der Waals surface area contributed by atoms with Gasteiger partial charge < -0.3 is 9.64 Å². The average molecular weight is 342 g/mol. The summed E-state index contributed by atoms with van der Waals surface area (Å²) >= 11 is 1.52. The van der Waals surface area contributed by atoms with Gasteiger partial charge in [-0.05, 0) is 26.2 Å². The molecule has 1 amide bonds. The molecule has 2 aliphatic rings. The van der Waals surface area contributed by atoms with E-state index in [1.54, 1.807) is 0 Å². The van der Waals surface area contributed by atoms with Gasteiger partial charge in [0.05, 0.1) is 12.3 Å². The third kappa shape index (κ3) is 3.23. The fraction of sp³-hybridized carbons (Fsp3) is 0.474. The number of aryl methyl sites for hydroxylation is 1. The third-order valence-electron chi connectivity index (χ3n) is 4.74. The maximum absolute atomic E-state index is 13.1. The van der Waals surface area contributed by atoms with E-state index in [4.69, 9.17) is 4.74 Å². The number of hydrogen-bond donors (Lipinski definition) is 0. The van der Waals surface area contributed by atoms with Crippen LogP contribution in [0.15, 0.2) is 30.3 Å². The lowest BCUT2D eigenvalue weighted by Gasteiger charge is -2.24. The van der Waals surface area contributed by atoms with Gasteiger partial charge in [0.25, 0.3) is 5.91 Å². The summed E-state index contributed by atoms with van der Waals surface area (Å²) in [4.78, 5) is 20.6. The number of nitrogens with zero attached hydrogens (tertiary/aromatic N) is 2. The molecule has 0 bridgehead atoms. The van der Waals surface area contributed by atoms with Crippen molar-refractivity contribution < 1.29 is 9.53 Å². The van der Waals surface area contributed by atoms with Gasteiger partial charge in [0.2, 0.25) is 0 Å². The van der Waals surface area contributed by atoms with Crippen molar-refractivity contribution in [2.45, 2.75) is 32.2 Å². The summed E-state index contributed by atoms with van der Waals surface area (Å²) in [5.41, 5.74) is 1.92. The lowest BCUT2D eigenvalue weighted by molar-refractivity contribution is 0.0710. The van der Waals surface area contributed by atoms with Crippen LogP contribution in [0.25, 0.3) is 10.6 Å². The molecule has 2 heterocycles. The Labute approximate surface area is 146 Å². The second kappa shape index (κ2) is 6.65. The summed E-state index contributed by atoms with van der Waals surface area (Å²) in [6.45, 7) is 4.38. The summed E-state index contributed by atoms with van der Waals surface area (Å²) in [7, 11) is 0. The van der Waals surface area contributed by atoms with Crippen LogP contribution < -0.4 is 0 Å². The van der Waals surface area contributed by atoms with Gasteiger partial charge in [0.1, 0.15) is 9.88 Å². The minimum absolute atomic E-state index is 0.154. The molecule has 1 saturated heterocycles. The summed E-state index contributed by atoms with van der Waals surface area (Å²) in [6, 6.07) is 10.5. The molecule has 1 unspecified atom stereocenters. The summed E-state index contributed by atoms with van der Waals surface area (Å²) in [5, 5.41) is 0.927. The largest absolute Gasteiger partial charge is 0.381 e. The summed E-state index contributed by atoms with van der Waals surface area (Å²) in [6.07, 6.45) is 3.32. The fourth-order valence-corrected chi connectivity index (χ4v) is 4.25. The lowest BCUT2D eigenvalue weighted by Crippen LogP contribution is -2.37. The quantitative estimate of drug-likeness (QED) is 0.831. The first-order valence-electron chi connectivity index (χ1n) is 8.64. The first-order valence-corrected chi connectivity index (χ1v) is 9.45. The number of ether oxygens (including phenoxy) is 1. The minimum Gasteiger partial charge on any atom is -0.381 e. The molecule has 0 spiro atoms. The Morgan fingerprint density at radius 2 is 2.08 bits per heavy atom. The lowest BCUT2D eigenvalue weighted by atomic mass is 10.1. The zero-order valence-electron chi connectivity index (χ0n) is 13.9. The Balaban J connectivity index is 1.57. The molecule has 1 aromatic heterocycles. The number of aromatic nitrogens is 1. The second-order valence-corrected chi connectivity index (χ2v) is 7.72. The standard InChI is InChI=1S/C19H22N2O2S/c1-13-17(24-18(20-13)15-5-3-2-4-6-15)19(22)21(16-7-8-16)11-14-9-10-23-12-14/h2-6,14,16H,7-12H2,1H3. The van der Waals surface area contributed by atoms with E-state index in [1.807, 2.05) is 37.3 Å². The van der Waals surface area contributed by atoms with Gasteiger partial charge >= 0.3 is 0 Å². The molecule has 1 aliphatic heterocycles. The topological polar surface area (TPSA) is 42.4 Å². The molecule has 2 aromatic rings. The van der Waals surface area contributed by atoms with Crippen molar-refractivity contribution >= 4 is 17.2 Å². The van der Waals surface area contributed by atoms with Crippen LogP contribution in [-0.2, 0) is 4.74 Å². The monoisotopic (exact) mass is 342 g/mol. The zero-order valence-corrected chi connectivity index (χ0v) is 14.7. The molecular weight excluding hydrogens is 320 g/mol. The SMILES string of the molecule is Cc1nc(-c2ccccc2)sc1C(=O)N(CC1CCOC1)C1CC1. The Kier molecular flexibility index (Phi) is 4.37. The molecule has 2 fully saturated rings. The van der Waals surface area contributed by atoms with Crippen LogP contribution in [0.5, 0.6) is 0 Å². The van der Waals surface area contributed by atoms with Crippen molar-refractivity contribution in [3.8, 4) is 10.6 Å². The molecule has 1 aromatic carbocycles. The van der Waals surface area contributed by atoms with E-state index in [9.17, 15) is 4.79 Å². The molecule has 4 nitrogen and oxygen atoms in total. The number of thiazole rings is 1. The van der Waals surface area contributed by atoms with E-state index >= 15 is 0 Å². The van der Waals surface area contributed by atoms with Crippen LogP contribution in [0.2, 0.25) is 0 Å². The molecule has 1 saturated carbocycles. The molecule has 4 rings (SSSR count). The van der Waals surface area contributed by atoms with Crippen LogP contribution >= 0.6 is 11.3 Å². The molecule has 1 atom stereocenters.